The van der Waals surface area contributed by atoms with Gasteiger partial charge in [-0.3, -0.25) is 24.3 Å². The van der Waals surface area contributed by atoms with E-state index in [0.717, 1.165) is 11.1 Å². The number of Topliss-reactive ketones (excluding diaryl/α,β-unsaturated/α-hetero) is 2. The summed E-state index contributed by atoms with van der Waals surface area (Å²) in [5, 5.41) is 0. The summed E-state index contributed by atoms with van der Waals surface area (Å²) in [5.74, 6) is -1.34. The van der Waals surface area contributed by atoms with Gasteiger partial charge >= 0.3 is 6.36 Å². The van der Waals surface area contributed by atoms with Crippen molar-refractivity contribution >= 4 is 17.5 Å². The van der Waals surface area contributed by atoms with Crippen LogP contribution in [0, 0.1) is 18.8 Å². The number of rotatable bonds is 9. The van der Waals surface area contributed by atoms with Crippen LogP contribution in [0.15, 0.2) is 66.9 Å². The molecule has 238 valence electrons. The van der Waals surface area contributed by atoms with E-state index in [9.17, 15) is 27.6 Å². The molecule has 0 spiro atoms. The SMILES string of the molecule is Cc1ccc(C(=O)C2CCN(C(=O)c3ccc(C(=O)C[C@@H]4CCN(Cc5ccc(OC(F)(F)F)cc5)C[C@H]4F)nc3)CC2)cc1. The molecule has 5 rings (SSSR count). The van der Waals surface area contributed by atoms with E-state index in [0.29, 0.717) is 56.6 Å². The quantitative estimate of drug-likeness (QED) is 0.201. The Balaban J connectivity index is 1.07. The van der Waals surface area contributed by atoms with Gasteiger partial charge in [-0.05, 0) is 68.5 Å². The number of hydrogen-bond donors (Lipinski definition) is 0. The van der Waals surface area contributed by atoms with E-state index in [4.69, 9.17) is 0 Å². The third-order valence-corrected chi connectivity index (χ3v) is 8.56. The van der Waals surface area contributed by atoms with E-state index >= 15 is 4.39 Å². The second-order valence-electron chi connectivity index (χ2n) is 11.8. The number of alkyl halides is 4. The Labute approximate surface area is 259 Å². The molecule has 0 saturated carbocycles. The van der Waals surface area contributed by atoms with Crippen molar-refractivity contribution in [3.8, 4) is 5.75 Å². The van der Waals surface area contributed by atoms with E-state index in [2.05, 4.69) is 9.72 Å². The van der Waals surface area contributed by atoms with Gasteiger partial charge in [0.05, 0.1) is 5.56 Å². The van der Waals surface area contributed by atoms with Crippen LogP contribution in [0.5, 0.6) is 5.75 Å². The highest BCUT2D eigenvalue weighted by Gasteiger charge is 2.33. The molecule has 2 atom stereocenters. The van der Waals surface area contributed by atoms with Crippen molar-refractivity contribution in [3.63, 3.8) is 0 Å². The first-order valence-corrected chi connectivity index (χ1v) is 15.1. The van der Waals surface area contributed by atoms with Gasteiger partial charge in [-0.2, -0.15) is 0 Å². The lowest BCUT2D eigenvalue weighted by Crippen LogP contribution is -2.42. The number of pyridine rings is 1. The topological polar surface area (TPSA) is 79.8 Å². The first kappa shape index (κ1) is 32.3. The number of aryl methyl sites for hydroxylation is 1. The van der Waals surface area contributed by atoms with Crippen molar-refractivity contribution in [2.75, 3.05) is 26.2 Å². The summed E-state index contributed by atoms with van der Waals surface area (Å²) in [5.41, 5.74) is 3.03. The molecule has 7 nitrogen and oxygen atoms in total. The lowest BCUT2D eigenvalue weighted by atomic mass is 9.88. The number of aromatic nitrogens is 1. The van der Waals surface area contributed by atoms with Crippen molar-refractivity contribution in [2.24, 2.45) is 11.8 Å². The van der Waals surface area contributed by atoms with Gasteiger partial charge in [0.15, 0.2) is 11.6 Å². The molecule has 2 fully saturated rings. The molecule has 45 heavy (non-hydrogen) atoms. The van der Waals surface area contributed by atoms with Crippen LogP contribution in [-0.2, 0) is 6.54 Å². The normalized spacial score (nSPS) is 19.7. The van der Waals surface area contributed by atoms with Crippen LogP contribution in [0.3, 0.4) is 0 Å². The van der Waals surface area contributed by atoms with Crippen LogP contribution in [0.2, 0.25) is 0 Å². The molecular formula is C34H35F4N3O4. The summed E-state index contributed by atoms with van der Waals surface area (Å²) in [6, 6.07) is 16.1. The minimum Gasteiger partial charge on any atom is -0.406 e. The number of ether oxygens (including phenoxy) is 1. The maximum Gasteiger partial charge on any atom is 0.573 e. The number of amides is 1. The summed E-state index contributed by atoms with van der Waals surface area (Å²) in [4.78, 5) is 46.6. The Hall–Kier alpha value is -4.12. The van der Waals surface area contributed by atoms with Gasteiger partial charge in [0, 0.05) is 50.3 Å². The van der Waals surface area contributed by atoms with Gasteiger partial charge in [-0.25, -0.2) is 4.39 Å². The highest BCUT2D eigenvalue weighted by molar-refractivity contribution is 5.99. The van der Waals surface area contributed by atoms with E-state index in [1.54, 1.807) is 11.0 Å². The highest BCUT2D eigenvalue weighted by atomic mass is 19.4. The average molecular weight is 626 g/mol. The Morgan fingerprint density at radius 3 is 2.16 bits per heavy atom. The highest BCUT2D eigenvalue weighted by Crippen LogP contribution is 2.28. The monoisotopic (exact) mass is 625 g/mol. The predicted molar refractivity (Wildman–Crippen MR) is 159 cm³/mol. The number of halogens is 4. The molecule has 3 aromatic rings. The van der Waals surface area contributed by atoms with Crippen molar-refractivity contribution in [1.29, 1.82) is 0 Å². The minimum atomic E-state index is -4.76. The Kier molecular flexibility index (Phi) is 9.96. The smallest absolute Gasteiger partial charge is 0.406 e. The number of piperidine rings is 2. The molecule has 0 unspecified atom stereocenters. The third kappa shape index (κ3) is 8.54. The van der Waals surface area contributed by atoms with Gasteiger partial charge in [0.1, 0.15) is 17.6 Å². The van der Waals surface area contributed by atoms with Crippen LogP contribution in [0.1, 0.15) is 68.0 Å². The molecule has 1 aromatic heterocycles. The maximum atomic E-state index is 15.1. The molecular weight excluding hydrogens is 590 g/mol. The zero-order valence-corrected chi connectivity index (χ0v) is 24.9. The van der Waals surface area contributed by atoms with Crippen molar-refractivity contribution in [2.45, 2.75) is 51.7 Å². The summed E-state index contributed by atoms with van der Waals surface area (Å²) in [7, 11) is 0. The summed E-state index contributed by atoms with van der Waals surface area (Å²) in [6.07, 6.45) is -3.05. The molecule has 2 aliphatic heterocycles. The number of carbonyl (C=O) groups is 3. The van der Waals surface area contributed by atoms with Gasteiger partial charge in [-0.1, -0.05) is 42.0 Å². The van der Waals surface area contributed by atoms with Crippen molar-refractivity contribution < 1.29 is 36.7 Å². The first-order valence-electron chi connectivity index (χ1n) is 15.1. The van der Waals surface area contributed by atoms with Crippen LogP contribution >= 0.6 is 0 Å². The lowest BCUT2D eigenvalue weighted by Gasteiger charge is -2.34. The fourth-order valence-corrected chi connectivity index (χ4v) is 5.95. The molecule has 0 bridgehead atoms. The maximum absolute atomic E-state index is 15.1. The first-order chi connectivity index (χ1) is 21.4. The fourth-order valence-electron chi connectivity index (χ4n) is 5.95. The van der Waals surface area contributed by atoms with Gasteiger partial charge in [0.25, 0.3) is 5.91 Å². The van der Waals surface area contributed by atoms with E-state index < -0.39 is 18.5 Å². The van der Waals surface area contributed by atoms with E-state index in [-0.39, 0.29) is 47.8 Å². The number of benzene rings is 2. The molecule has 0 aliphatic carbocycles. The van der Waals surface area contributed by atoms with Crippen molar-refractivity contribution in [3.05, 3.63) is 94.8 Å². The summed E-state index contributed by atoms with van der Waals surface area (Å²) in [6.45, 7) is 3.88. The third-order valence-electron chi connectivity index (χ3n) is 8.56. The van der Waals surface area contributed by atoms with E-state index in [1.807, 2.05) is 36.1 Å². The minimum absolute atomic E-state index is 0.0126. The summed E-state index contributed by atoms with van der Waals surface area (Å²) >= 11 is 0. The van der Waals surface area contributed by atoms with Gasteiger partial charge in [-0.15, -0.1) is 13.2 Å². The molecule has 2 aliphatic rings. The lowest BCUT2D eigenvalue weighted by molar-refractivity contribution is -0.274. The molecule has 11 heteroatoms. The largest absolute Gasteiger partial charge is 0.573 e. The Morgan fingerprint density at radius 2 is 1.56 bits per heavy atom. The molecule has 0 radical (unpaired) electrons. The second-order valence-corrected chi connectivity index (χ2v) is 11.8. The van der Waals surface area contributed by atoms with Crippen LogP contribution < -0.4 is 4.74 Å². The van der Waals surface area contributed by atoms with Crippen LogP contribution in [0.25, 0.3) is 0 Å². The zero-order valence-electron chi connectivity index (χ0n) is 24.9. The number of hydrogen-bond acceptors (Lipinski definition) is 6. The molecule has 2 aromatic carbocycles. The predicted octanol–water partition coefficient (Wildman–Crippen LogP) is 6.46. The van der Waals surface area contributed by atoms with Crippen molar-refractivity contribution in [1.82, 2.24) is 14.8 Å². The Bertz CT molecular complexity index is 1490. The molecule has 0 N–H and O–H groups in total. The van der Waals surface area contributed by atoms with Crippen LogP contribution in [-0.4, -0.2) is 71.0 Å². The molecule has 1 amide bonds. The zero-order chi connectivity index (χ0) is 32.1. The number of ketones is 2. The average Bonchev–Trinajstić information content (AvgIpc) is 3.02. The number of nitrogens with zero attached hydrogens (tertiary/aromatic N) is 3. The Morgan fingerprint density at radius 1 is 0.889 bits per heavy atom. The van der Waals surface area contributed by atoms with Crippen LogP contribution in [0.4, 0.5) is 17.6 Å². The molecule has 2 saturated heterocycles. The second kappa shape index (κ2) is 13.9. The standard InChI is InChI=1S/C34H35F4N3O4/c1-22-2-6-24(7-3-22)32(43)25-13-16-41(17-14-25)33(44)27-8-11-30(39-19-27)31(42)18-26-12-15-40(21-29(26)35)20-23-4-9-28(10-5-23)45-34(36,37)38/h2-11,19,25-26,29H,12-18,20-21H2,1H3/t26-,29+/m0/s1. The van der Waals surface area contributed by atoms with Gasteiger partial charge < -0.3 is 9.64 Å². The fraction of sp³-hybridized carbons (Fsp3) is 0.412. The summed E-state index contributed by atoms with van der Waals surface area (Å²) < 4.78 is 56.1. The van der Waals surface area contributed by atoms with Gasteiger partial charge in [0.2, 0.25) is 0 Å². The van der Waals surface area contributed by atoms with E-state index in [1.165, 1.54) is 36.5 Å². The number of likely N-dealkylation sites (tertiary alicyclic amines) is 2. The number of carbonyl (C=O) groups excluding carboxylic acids is 3. The molecule has 3 heterocycles.